The molecule has 1 atom stereocenters. The van der Waals surface area contributed by atoms with Gasteiger partial charge in [0.2, 0.25) is 0 Å². The Bertz CT molecular complexity index is 478. The van der Waals surface area contributed by atoms with Gasteiger partial charge in [0.15, 0.2) is 5.96 Å². The van der Waals surface area contributed by atoms with Gasteiger partial charge in [-0.15, -0.1) is 24.0 Å². The highest BCUT2D eigenvalue weighted by molar-refractivity contribution is 14.0. The standard InChI is InChI=1S/C16H25N3O2.HI/c1-4-17-16(19-13-8-9-13)18-11-12(2)21-15-7-5-6-14(10-15)20-3;/h5-7,10,12-13H,4,8-9,11H2,1-3H3,(H2,17,18,19);1H. The molecule has 1 aliphatic rings. The summed E-state index contributed by atoms with van der Waals surface area (Å²) in [5.41, 5.74) is 0. The van der Waals surface area contributed by atoms with Gasteiger partial charge in [-0.1, -0.05) is 6.07 Å². The lowest BCUT2D eigenvalue weighted by molar-refractivity contribution is 0.229. The Morgan fingerprint density at radius 2 is 2.09 bits per heavy atom. The minimum absolute atomic E-state index is 0. The summed E-state index contributed by atoms with van der Waals surface area (Å²) in [6, 6.07) is 8.23. The molecule has 6 heteroatoms. The molecule has 0 bridgehead atoms. The van der Waals surface area contributed by atoms with Crippen LogP contribution in [0, 0.1) is 0 Å². The molecule has 0 aromatic heterocycles. The van der Waals surface area contributed by atoms with E-state index in [1.54, 1.807) is 7.11 Å². The summed E-state index contributed by atoms with van der Waals surface area (Å²) in [6.45, 7) is 5.56. The molecule has 22 heavy (non-hydrogen) atoms. The summed E-state index contributed by atoms with van der Waals surface area (Å²) < 4.78 is 11.1. The van der Waals surface area contributed by atoms with Crippen molar-refractivity contribution in [1.82, 2.24) is 10.6 Å². The summed E-state index contributed by atoms with van der Waals surface area (Å²) in [7, 11) is 1.65. The molecule has 2 N–H and O–H groups in total. The van der Waals surface area contributed by atoms with E-state index in [2.05, 4.69) is 22.5 Å². The minimum atomic E-state index is 0. The highest BCUT2D eigenvalue weighted by atomic mass is 127. The summed E-state index contributed by atoms with van der Waals surface area (Å²) >= 11 is 0. The number of hydrogen-bond donors (Lipinski definition) is 2. The van der Waals surface area contributed by atoms with Crippen LogP contribution in [0.25, 0.3) is 0 Å². The van der Waals surface area contributed by atoms with Crippen LogP contribution in [0.1, 0.15) is 26.7 Å². The Balaban J connectivity index is 0.00000242. The zero-order valence-corrected chi connectivity index (χ0v) is 15.8. The molecule has 0 saturated heterocycles. The van der Waals surface area contributed by atoms with Gasteiger partial charge in [0.25, 0.3) is 0 Å². The largest absolute Gasteiger partial charge is 0.497 e. The molecule has 1 aliphatic carbocycles. The van der Waals surface area contributed by atoms with Crippen LogP contribution < -0.4 is 20.1 Å². The van der Waals surface area contributed by atoms with Crippen molar-refractivity contribution in [2.75, 3.05) is 20.2 Å². The van der Waals surface area contributed by atoms with E-state index < -0.39 is 0 Å². The van der Waals surface area contributed by atoms with E-state index >= 15 is 0 Å². The molecule has 124 valence electrons. The van der Waals surface area contributed by atoms with Gasteiger partial charge in [-0.25, -0.2) is 4.99 Å². The van der Waals surface area contributed by atoms with Crippen LogP contribution >= 0.6 is 24.0 Å². The molecule has 1 saturated carbocycles. The smallest absolute Gasteiger partial charge is 0.191 e. The third-order valence-corrected chi connectivity index (χ3v) is 3.15. The van der Waals surface area contributed by atoms with Crippen LogP contribution in [0.5, 0.6) is 11.5 Å². The lowest BCUT2D eigenvalue weighted by atomic mass is 10.3. The van der Waals surface area contributed by atoms with E-state index in [1.165, 1.54) is 12.8 Å². The van der Waals surface area contributed by atoms with Crippen molar-refractivity contribution in [3.8, 4) is 11.5 Å². The van der Waals surface area contributed by atoms with Crippen LogP contribution in [-0.2, 0) is 0 Å². The highest BCUT2D eigenvalue weighted by Crippen LogP contribution is 2.20. The molecule has 1 aromatic carbocycles. The molecule has 1 aromatic rings. The SMILES string of the molecule is CCNC(=NCC(C)Oc1cccc(OC)c1)NC1CC1.I. The van der Waals surface area contributed by atoms with E-state index in [9.17, 15) is 0 Å². The van der Waals surface area contributed by atoms with Gasteiger partial charge in [0.1, 0.15) is 17.6 Å². The number of guanidine groups is 1. The fourth-order valence-corrected chi connectivity index (χ4v) is 1.90. The van der Waals surface area contributed by atoms with Crippen molar-refractivity contribution < 1.29 is 9.47 Å². The first kappa shape index (κ1) is 18.9. The van der Waals surface area contributed by atoms with Crippen LogP contribution in [-0.4, -0.2) is 38.3 Å². The van der Waals surface area contributed by atoms with Gasteiger partial charge < -0.3 is 20.1 Å². The Morgan fingerprint density at radius 3 is 2.73 bits per heavy atom. The van der Waals surface area contributed by atoms with Crippen molar-refractivity contribution in [2.24, 2.45) is 4.99 Å². The first-order valence-corrected chi connectivity index (χ1v) is 7.56. The number of ether oxygens (including phenoxy) is 2. The van der Waals surface area contributed by atoms with Crippen LogP contribution in [0.2, 0.25) is 0 Å². The average Bonchev–Trinajstić information content (AvgIpc) is 3.29. The lowest BCUT2D eigenvalue weighted by Gasteiger charge is -2.15. The number of hydrogen-bond acceptors (Lipinski definition) is 3. The number of nitrogens with one attached hydrogen (secondary N) is 2. The molecule has 2 rings (SSSR count). The number of rotatable bonds is 7. The van der Waals surface area contributed by atoms with Crippen LogP contribution in [0.4, 0.5) is 0 Å². The van der Waals surface area contributed by atoms with Crippen LogP contribution in [0.15, 0.2) is 29.3 Å². The maximum Gasteiger partial charge on any atom is 0.191 e. The van der Waals surface area contributed by atoms with Gasteiger partial charge in [0, 0.05) is 18.7 Å². The second-order valence-corrected chi connectivity index (χ2v) is 5.25. The number of methoxy groups -OCH3 is 1. The molecule has 1 fully saturated rings. The molecular formula is C16H26IN3O2. The molecule has 0 amide bonds. The number of aliphatic imine (C=N–C) groups is 1. The Kier molecular flexibility index (Phi) is 8.37. The monoisotopic (exact) mass is 419 g/mol. The normalized spacial score (nSPS) is 15.5. The van der Waals surface area contributed by atoms with Gasteiger partial charge in [-0.2, -0.15) is 0 Å². The van der Waals surface area contributed by atoms with E-state index in [1.807, 2.05) is 31.2 Å². The molecule has 0 aliphatic heterocycles. The third-order valence-electron chi connectivity index (χ3n) is 3.15. The zero-order chi connectivity index (χ0) is 15.1. The number of nitrogens with zero attached hydrogens (tertiary/aromatic N) is 1. The molecule has 1 unspecified atom stereocenters. The topological polar surface area (TPSA) is 54.9 Å². The predicted molar refractivity (Wildman–Crippen MR) is 101 cm³/mol. The lowest BCUT2D eigenvalue weighted by Crippen LogP contribution is -2.39. The second-order valence-electron chi connectivity index (χ2n) is 5.25. The van der Waals surface area contributed by atoms with Gasteiger partial charge in [0.05, 0.1) is 13.7 Å². The molecule has 0 heterocycles. The first-order chi connectivity index (χ1) is 10.2. The van der Waals surface area contributed by atoms with E-state index in [0.29, 0.717) is 12.6 Å². The van der Waals surface area contributed by atoms with E-state index in [0.717, 1.165) is 24.0 Å². The fraction of sp³-hybridized carbons (Fsp3) is 0.562. The minimum Gasteiger partial charge on any atom is -0.497 e. The third kappa shape index (κ3) is 6.72. The Morgan fingerprint density at radius 1 is 1.36 bits per heavy atom. The average molecular weight is 419 g/mol. The fourth-order valence-electron chi connectivity index (χ4n) is 1.90. The highest BCUT2D eigenvalue weighted by Gasteiger charge is 2.22. The Labute approximate surface area is 149 Å². The molecule has 0 spiro atoms. The van der Waals surface area contributed by atoms with E-state index in [-0.39, 0.29) is 30.1 Å². The van der Waals surface area contributed by atoms with Gasteiger partial charge >= 0.3 is 0 Å². The van der Waals surface area contributed by atoms with Crippen molar-refractivity contribution in [3.05, 3.63) is 24.3 Å². The van der Waals surface area contributed by atoms with Gasteiger partial charge in [-0.3, -0.25) is 0 Å². The van der Waals surface area contributed by atoms with Gasteiger partial charge in [-0.05, 0) is 38.8 Å². The first-order valence-electron chi connectivity index (χ1n) is 7.56. The van der Waals surface area contributed by atoms with Crippen molar-refractivity contribution >= 4 is 29.9 Å². The Hall–Kier alpha value is -1.18. The summed E-state index contributed by atoms with van der Waals surface area (Å²) in [4.78, 5) is 4.57. The maximum absolute atomic E-state index is 5.86. The second kappa shape index (κ2) is 9.76. The quantitative estimate of drug-likeness (QED) is 0.406. The summed E-state index contributed by atoms with van der Waals surface area (Å²) in [5.74, 6) is 2.48. The van der Waals surface area contributed by atoms with Crippen LogP contribution in [0.3, 0.4) is 0 Å². The number of benzene rings is 1. The van der Waals surface area contributed by atoms with Crippen molar-refractivity contribution in [2.45, 2.75) is 38.8 Å². The molecular weight excluding hydrogens is 393 g/mol. The van der Waals surface area contributed by atoms with E-state index in [4.69, 9.17) is 9.47 Å². The molecule has 0 radical (unpaired) electrons. The van der Waals surface area contributed by atoms with Crippen molar-refractivity contribution in [1.29, 1.82) is 0 Å². The zero-order valence-electron chi connectivity index (χ0n) is 13.5. The summed E-state index contributed by atoms with van der Waals surface area (Å²) in [5, 5.41) is 6.65. The number of halogens is 1. The van der Waals surface area contributed by atoms with Crippen molar-refractivity contribution in [3.63, 3.8) is 0 Å². The predicted octanol–water partition coefficient (Wildman–Crippen LogP) is 2.80. The molecule has 5 nitrogen and oxygen atoms in total. The maximum atomic E-state index is 5.86. The summed E-state index contributed by atoms with van der Waals surface area (Å²) in [6.07, 6.45) is 2.48.